The molecule has 0 aliphatic carbocycles. The number of hydrogen-bond donors (Lipinski definition) is 1. The summed E-state index contributed by atoms with van der Waals surface area (Å²) in [5, 5.41) is 4.41. The zero-order valence-electron chi connectivity index (χ0n) is 9.30. The molecule has 0 radical (unpaired) electrons. The van der Waals surface area contributed by atoms with Gasteiger partial charge in [0.1, 0.15) is 0 Å². The first kappa shape index (κ1) is 11.9. The van der Waals surface area contributed by atoms with Crippen molar-refractivity contribution in [2.45, 2.75) is 32.8 Å². The summed E-state index contributed by atoms with van der Waals surface area (Å²) in [6, 6.07) is 0. The van der Waals surface area contributed by atoms with E-state index in [4.69, 9.17) is 4.74 Å². The van der Waals surface area contributed by atoms with Crippen LogP contribution in [0, 0.1) is 0 Å². The van der Waals surface area contributed by atoms with Crippen molar-refractivity contribution in [2.75, 3.05) is 25.4 Å². The summed E-state index contributed by atoms with van der Waals surface area (Å²) < 4.78 is 5.59. The van der Waals surface area contributed by atoms with Crippen molar-refractivity contribution in [3.63, 3.8) is 0 Å². The van der Waals surface area contributed by atoms with Gasteiger partial charge in [0.15, 0.2) is 5.17 Å². The van der Waals surface area contributed by atoms with Crippen LogP contribution in [0.2, 0.25) is 0 Å². The number of nitrogens with one attached hydrogen (secondary N) is 1. The number of aliphatic imine (C=N–C) groups is 1. The molecule has 1 aliphatic heterocycles. The summed E-state index contributed by atoms with van der Waals surface area (Å²) in [7, 11) is 0. The molecule has 1 aliphatic rings. The number of thioether (sulfide) groups is 1. The van der Waals surface area contributed by atoms with Crippen molar-refractivity contribution < 1.29 is 4.74 Å². The molecular weight excluding hydrogens is 196 g/mol. The van der Waals surface area contributed by atoms with Crippen molar-refractivity contribution in [3.05, 3.63) is 0 Å². The number of ether oxygens (including phenoxy) is 1. The third-order valence-electron chi connectivity index (χ3n) is 2.00. The largest absolute Gasteiger partial charge is 0.374 e. The predicted molar refractivity (Wildman–Crippen MR) is 63.1 cm³/mol. The lowest BCUT2D eigenvalue weighted by atomic mass is 10.1. The third kappa shape index (κ3) is 4.33. The molecule has 0 aromatic heterocycles. The molecule has 0 fully saturated rings. The summed E-state index contributed by atoms with van der Waals surface area (Å²) in [5.74, 6) is 1.18. The van der Waals surface area contributed by atoms with Gasteiger partial charge in [0, 0.05) is 25.4 Å². The predicted octanol–water partition coefficient (Wildman–Crippen LogP) is 1.88. The van der Waals surface area contributed by atoms with Gasteiger partial charge >= 0.3 is 0 Å². The Morgan fingerprint density at radius 3 is 2.93 bits per heavy atom. The van der Waals surface area contributed by atoms with Gasteiger partial charge in [0.05, 0.1) is 5.60 Å². The summed E-state index contributed by atoms with van der Waals surface area (Å²) in [4.78, 5) is 4.41. The second-order valence-corrected chi connectivity index (χ2v) is 5.02. The third-order valence-corrected chi connectivity index (χ3v) is 3.04. The van der Waals surface area contributed by atoms with E-state index in [1.54, 1.807) is 11.8 Å². The highest BCUT2D eigenvalue weighted by Crippen LogP contribution is 2.12. The SMILES string of the molecule is CCOC(C)(C)CNC1=NCCCS1. The van der Waals surface area contributed by atoms with Gasteiger partial charge in [0.25, 0.3) is 0 Å². The first-order valence-corrected chi connectivity index (χ1v) is 6.18. The molecule has 0 saturated carbocycles. The summed E-state index contributed by atoms with van der Waals surface area (Å²) in [6.07, 6.45) is 1.20. The van der Waals surface area contributed by atoms with E-state index < -0.39 is 0 Å². The first-order chi connectivity index (χ1) is 6.64. The molecule has 0 bridgehead atoms. The second kappa shape index (κ2) is 5.61. The zero-order valence-corrected chi connectivity index (χ0v) is 10.1. The Morgan fingerprint density at radius 2 is 2.36 bits per heavy atom. The van der Waals surface area contributed by atoms with E-state index in [1.807, 2.05) is 6.92 Å². The van der Waals surface area contributed by atoms with E-state index in [9.17, 15) is 0 Å². The Bertz CT molecular complexity index is 204. The Kier molecular flexibility index (Phi) is 4.75. The maximum atomic E-state index is 5.59. The lowest BCUT2D eigenvalue weighted by Gasteiger charge is -2.26. The molecule has 1 heterocycles. The molecule has 82 valence electrons. The van der Waals surface area contributed by atoms with E-state index in [0.29, 0.717) is 0 Å². The number of amidine groups is 1. The summed E-state index contributed by atoms with van der Waals surface area (Å²) >= 11 is 1.81. The van der Waals surface area contributed by atoms with Gasteiger partial charge in [-0.1, -0.05) is 11.8 Å². The van der Waals surface area contributed by atoms with Crippen LogP contribution in [0.25, 0.3) is 0 Å². The van der Waals surface area contributed by atoms with Crippen molar-refractivity contribution >= 4 is 16.9 Å². The van der Waals surface area contributed by atoms with E-state index in [-0.39, 0.29) is 5.60 Å². The molecule has 0 unspecified atom stereocenters. The molecule has 1 N–H and O–H groups in total. The Balaban J connectivity index is 2.27. The minimum atomic E-state index is -0.102. The summed E-state index contributed by atoms with van der Waals surface area (Å²) in [5.41, 5.74) is -0.102. The van der Waals surface area contributed by atoms with Crippen LogP contribution in [0.5, 0.6) is 0 Å². The van der Waals surface area contributed by atoms with Crippen LogP contribution >= 0.6 is 11.8 Å². The van der Waals surface area contributed by atoms with E-state index in [2.05, 4.69) is 24.2 Å². The van der Waals surface area contributed by atoms with Crippen molar-refractivity contribution in [3.8, 4) is 0 Å². The lowest BCUT2D eigenvalue weighted by molar-refractivity contribution is -0.00557. The Labute approximate surface area is 90.7 Å². The molecule has 4 heteroatoms. The molecule has 3 nitrogen and oxygen atoms in total. The molecule has 0 spiro atoms. The average molecular weight is 216 g/mol. The van der Waals surface area contributed by atoms with E-state index >= 15 is 0 Å². The fraction of sp³-hybridized carbons (Fsp3) is 0.900. The molecule has 0 aromatic carbocycles. The van der Waals surface area contributed by atoms with Crippen LogP contribution in [0.4, 0.5) is 0 Å². The quantitative estimate of drug-likeness (QED) is 0.779. The minimum absolute atomic E-state index is 0.102. The monoisotopic (exact) mass is 216 g/mol. The molecule has 14 heavy (non-hydrogen) atoms. The fourth-order valence-corrected chi connectivity index (χ4v) is 2.12. The van der Waals surface area contributed by atoms with Crippen LogP contribution in [-0.4, -0.2) is 36.2 Å². The molecular formula is C10H20N2OS. The maximum Gasteiger partial charge on any atom is 0.156 e. The van der Waals surface area contributed by atoms with Gasteiger partial charge in [-0.05, 0) is 27.2 Å². The van der Waals surface area contributed by atoms with E-state index in [0.717, 1.165) is 24.9 Å². The highest BCUT2D eigenvalue weighted by atomic mass is 32.2. The Morgan fingerprint density at radius 1 is 1.57 bits per heavy atom. The lowest BCUT2D eigenvalue weighted by Crippen LogP contribution is -2.40. The van der Waals surface area contributed by atoms with Gasteiger partial charge < -0.3 is 10.1 Å². The smallest absolute Gasteiger partial charge is 0.156 e. The van der Waals surface area contributed by atoms with Crippen LogP contribution < -0.4 is 5.32 Å². The number of nitrogens with zero attached hydrogens (tertiary/aromatic N) is 1. The highest BCUT2D eigenvalue weighted by molar-refractivity contribution is 8.13. The van der Waals surface area contributed by atoms with Gasteiger partial charge in [0.2, 0.25) is 0 Å². The molecule has 0 aromatic rings. The van der Waals surface area contributed by atoms with Crippen molar-refractivity contribution in [1.29, 1.82) is 0 Å². The normalized spacial score (nSPS) is 17.8. The van der Waals surface area contributed by atoms with Gasteiger partial charge in [-0.15, -0.1) is 0 Å². The van der Waals surface area contributed by atoms with Crippen LogP contribution in [0.3, 0.4) is 0 Å². The van der Waals surface area contributed by atoms with Crippen molar-refractivity contribution in [1.82, 2.24) is 5.32 Å². The molecule has 0 amide bonds. The van der Waals surface area contributed by atoms with E-state index in [1.165, 1.54) is 12.2 Å². The average Bonchev–Trinajstić information content (AvgIpc) is 2.17. The second-order valence-electron chi connectivity index (χ2n) is 3.94. The van der Waals surface area contributed by atoms with Crippen LogP contribution in [0.15, 0.2) is 4.99 Å². The number of rotatable bonds is 4. The first-order valence-electron chi connectivity index (χ1n) is 5.19. The molecule has 1 rings (SSSR count). The van der Waals surface area contributed by atoms with Gasteiger partial charge in [-0.2, -0.15) is 0 Å². The van der Waals surface area contributed by atoms with Crippen LogP contribution in [-0.2, 0) is 4.74 Å². The minimum Gasteiger partial charge on any atom is -0.374 e. The fourth-order valence-electron chi connectivity index (χ4n) is 1.30. The van der Waals surface area contributed by atoms with Gasteiger partial charge in [-0.3, -0.25) is 4.99 Å². The molecule has 0 atom stereocenters. The Hall–Kier alpha value is -0.220. The molecule has 0 saturated heterocycles. The van der Waals surface area contributed by atoms with Crippen LogP contribution in [0.1, 0.15) is 27.2 Å². The zero-order chi connectivity index (χ0) is 10.4. The standard InChI is InChI=1S/C10H20N2OS/c1-4-13-10(2,3)8-12-9-11-6-5-7-14-9/h4-8H2,1-3H3,(H,11,12). The topological polar surface area (TPSA) is 33.6 Å². The highest BCUT2D eigenvalue weighted by Gasteiger charge is 2.18. The number of hydrogen-bond acceptors (Lipinski definition) is 4. The van der Waals surface area contributed by atoms with Gasteiger partial charge in [-0.25, -0.2) is 0 Å². The van der Waals surface area contributed by atoms with Crippen molar-refractivity contribution in [2.24, 2.45) is 4.99 Å². The summed E-state index contributed by atoms with van der Waals surface area (Å²) in [6.45, 7) is 8.76. The maximum absolute atomic E-state index is 5.59.